The number of para-hydroxylation sites is 1. The fraction of sp³-hybridized carbons (Fsp3) is 0.235. The van der Waals surface area contributed by atoms with Crippen LogP contribution in [0.15, 0.2) is 42.5 Å². The van der Waals surface area contributed by atoms with Crippen molar-refractivity contribution in [1.29, 1.82) is 0 Å². The molecule has 3 rings (SSSR count). The Morgan fingerprint density at radius 2 is 1.95 bits per heavy atom. The second kappa shape index (κ2) is 5.66. The van der Waals surface area contributed by atoms with Crippen molar-refractivity contribution in [1.82, 2.24) is 9.55 Å². The zero-order chi connectivity index (χ0) is 14.8. The molecule has 0 bridgehead atoms. The standard InChI is InChI=1S/C17H18FN3/c1-2-21-15-9-5-8-14(18)16(15)20-17(21)13-7-4-3-6-12(13)10-11-19/h3-9H,2,10-11,19H2,1H3. The van der Waals surface area contributed by atoms with Crippen LogP contribution >= 0.6 is 0 Å². The van der Waals surface area contributed by atoms with Gasteiger partial charge in [0.05, 0.1) is 5.52 Å². The first-order chi connectivity index (χ1) is 10.3. The van der Waals surface area contributed by atoms with Crippen LogP contribution in [0.25, 0.3) is 22.4 Å². The van der Waals surface area contributed by atoms with E-state index in [0.29, 0.717) is 12.1 Å². The molecule has 0 amide bonds. The highest BCUT2D eigenvalue weighted by Gasteiger charge is 2.16. The molecular weight excluding hydrogens is 265 g/mol. The number of hydrogen-bond acceptors (Lipinski definition) is 2. The topological polar surface area (TPSA) is 43.8 Å². The molecule has 0 aliphatic carbocycles. The summed E-state index contributed by atoms with van der Waals surface area (Å²) >= 11 is 0. The number of fused-ring (bicyclic) bond motifs is 1. The summed E-state index contributed by atoms with van der Waals surface area (Å²) < 4.78 is 16.0. The van der Waals surface area contributed by atoms with Gasteiger partial charge in [0.25, 0.3) is 0 Å². The molecule has 1 heterocycles. The van der Waals surface area contributed by atoms with E-state index in [-0.39, 0.29) is 5.82 Å². The van der Waals surface area contributed by atoms with Gasteiger partial charge in [0.15, 0.2) is 5.82 Å². The van der Waals surface area contributed by atoms with Gasteiger partial charge in [0.2, 0.25) is 0 Å². The number of nitrogens with zero attached hydrogens (tertiary/aromatic N) is 2. The molecule has 0 spiro atoms. The molecule has 21 heavy (non-hydrogen) atoms. The minimum Gasteiger partial charge on any atom is -0.330 e. The van der Waals surface area contributed by atoms with E-state index < -0.39 is 0 Å². The number of imidazole rings is 1. The quantitative estimate of drug-likeness (QED) is 0.798. The number of rotatable bonds is 4. The Bertz CT molecular complexity index is 777. The number of hydrogen-bond donors (Lipinski definition) is 1. The Morgan fingerprint density at radius 3 is 2.71 bits per heavy atom. The Labute approximate surface area is 123 Å². The van der Waals surface area contributed by atoms with Crippen LogP contribution in [-0.2, 0) is 13.0 Å². The summed E-state index contributed by atoms with van der Waals surface area (Å²) in [5.74, 6) is 0.527. The number of halogens is 1. The lowest BCUT2D eigenvalue weighted by molar-refractivity contribution is 0.637. The molecule has 0 saturated heterocycles. The summed E-state index contributed by atoms with van der Waals surface area (Å²) in [5.41, 5.74) is 9.12. The van der Waals surface area contributed by atoms with Crippen molar-refractivity contribution >= 4 is 11.0 Å². The first-order valence-corrected chi connectivity index (χ1v) is 7.19. The predicted molar refractivity (Wildman–Crippen MR) is 83.6 cm³/mol. The second-order valence-electron chi connectivity index (χ2n) is 4.98. The Balaban J connectivity index is 2.28. The van der Waals surface area contributed by atoms with Crippen molar-refractivity contribution in [2.24, 2.45) is 5.73 Å². The molecule has 0 aliphatic rings. The molecule has 3 aromatic rings. The van der Waals surface area contributed by atoms with Crippen LogP contribution in [0.1, 0.15) is 12.5 Å². The van der Waals surface area contributed by atoms with Gasteiger partial charge in [-0.15, -0.1) is 0 Å². The number of aromatic nitrogens is 2. The predicted octanol–water partition coefficient (Wildman–Crippen LogP) is 3.36. The fourth-order valence-corrected chi connectivity index (χ4v) is 2.75. The maximum Gasteiger partial charge on any atom is 0.151 e. The van der Waals surface area contributed by atoms with Crippen molar-refractivity contribution in [2.75, 3.05) is 6.54 Å². The highest BCUT2D eigenvalue weighted by molar-refractivity contribution is 5.81. The summed E-state index contributed by atoms with van der Waals surface area (Å²) in [6, 6.07) is 13.1. The molecule has 2 N–H and O–H groups in total. The summed E-state index contributed by atoms with van der Waals surface area (Å²) in [6.45, 7) is 3.37. The lowest BCUT2D eigenvalue weighted by Gasteiger charge is -2.10. The van der Waals surface area contributed by atoms with Gasteiger partial charge < -0.3 is 10.3 Å². The number of aryl methyl sites for hydroxylation is 1. The molecule has 0 atom stereocenters. The summed E-state index contributed by atoms with van der Waals surface area (Å²) in [4.78, 5) is 4.54. The lowest BCUT2D eigenvalue weighted by Crippen LogP contribution is -2.05. The Hall–Kier alpha value is -2.20. The monoisotopic (exact) mass is 283 g/mol. The van der Waals surface area contributed by atoms with E-state index in [1.54, 1.807) is 6.07 Å². The van der Waals surface area contributed by atoms with Crippen LogP contribution < -0.4 is 5.73 Å². The fourth-order valence-electron chi connectivity index (χ4n) is 2.75. The first kappa shape index (κ1) is 13.8. The second-order valence-corrected chi connectivity index (χ2v) is 4.98. The van der Waals surface area contributed by atoms with Crippen molar-refractivity contribution in [3.63, 3.8) is 0 Å². The minimum atomic E-state index is -0.280. The van der Waals surface area contributed by atoms with Gasteiger partial charge in [0.1, 0.15) is 11.3 Å². The van der Waals surface area contributed by atoms with Gasteiger partial charge in [-0.25, -0.2) is 9.37 Å². The summed E-state index contributed by atoms with van der Waals surface area (Å²) in [5, 5.41) is 0. The van der Waals surface area contributed by atoms with Crippen LogP contribution in [0, 0.1) is 5.82 Å². The lowest BCUT2D eigenvalue weighted by atomic mass is 10.0. The van der Waals surface area contributed by atoms with Crippen LogP contribution in [0.5, 0.6) is 0 Å². The summed E-state index contributed by atoms with van der Waals surface area (Å²) in [6.07, 6.45) is 0.783. The molecule has 108 valence electrons. The highest BCUT2D eigenvalue weighted by Crippen LogP contribution is 2.28. The third-order valence-electron chi connectivity index (χ3n) is 3.72. The SMILES string of the molecule is CCn1c(-c2ccccc2CCN)nc2c(F)cccc21. The average Bonchev–Trinajstić information content (AvgIpc) is 2.88. The molecule has 3 nitrogen and oxygen atoms in total. The Morgan fingerprint density at radius 1 is 1.14 bits per heavy atom. The van der Waals surface area contributed by atoms with Crippen LogP contribution in [0.2, 0.25) is 0 Å². The van der Waals surface area contributed by atoms with Crippen LogP contribution in [0.3, 0.4) is 0 Å². The van der Waals surface area contributed by atoms with E-state index in [1.165, 1.54) is 6.07 Å². The third kappa shape index (κ3) is 2.32. The van der Waals surface area contributed by atoms with Crippen LogP contribution in [0.4, 0.5) is 4.39 Å². The van der Waals surface area contributed by atoms with Gasteiger partial charge >= 0.3 is 0 Å². The molecule has 0 fully saturated rings. The molecule has 2 aromatic carbocycles. The van der Waals surface area contributed by atoms with Crippen molar-refractivity contribution < 1.29 is 4.39 Å². The molecule has 1 aromatic heterocycles. The van der Waals surface area contributed by atoms with Gasteiger partial charge in [-0.2, -0.15) is 0 Å². The molecular formula is C17H18FN3. The van der Waals surface area contributed by atoms with Gasteiger partial charge in [-0.3, -0.25) is 0 Å². The van der Waals surface area contributed by atoms with E-state index in [1.807, 2.05) is 35.8 Å². The number of nitrogens with two attached hydrogens (primary N) is 1. The van der Waals surface area contributed by atoms with Gasteiger partial charge in [-0.05, 0) is 37.6 Å². The zero-order valence-electron chi connectivity index (χ0n) is 12.0. The maximum atomic E-state index is 14.0. The molecule has 0 aliphatic heterocycles. The van der Waals surface area contributed by atoms with Crippen LogP contribution in [-0.4, -0.2) is 16.1 Å². The normalized spacial score (nSPS) is 11.2. The highest BCUT2D eigenvalue weighted by atomic mass is 19.1. The van der Waals surface area contributed by atoms with Gasteiger partial charge in [0, 0.05) is 12.1 Å². The van der Waals surface area contributed by atoms with E-state index >= 15 is 0 Å². The third-order valence-corrected chi connectivity index (χ3v) is 3.72. The number of benzene rings is 2. The maximum absolute atomic E-state index is 14.0. The van der Waals surface area contributed by atoms with Crippen molar-refractivity contribution in [3.8, 4) is 11.4 Å². The van der Waals surface area contributed by atoms with E-state index in [4.69, 9.17) is 5.73 Å². The zero-order valence-corrected chi connectivity index (χ0v) is 12.0. The van der Waals surface area contributed by atoms with E-state index in [9.17, 15) is 4.39 Å². The largest absolute Gasteiger partial charge is 0.330 e. The summed E-state index contributed by atoms with van der Waals surface area (Å²) in [7, 11) is 0. The molecule has 0 saturated carbocycles. The molecule has 4 heteroatoms. The van der Waals surface area contributed by atoms with E-state index in [0.717, 1.165) is 35.4 Å². The first-order valence-electron chi connectivity index (χ1n) is 7.19. The molecule has 0 unspecified atom stereocenters. The average molecular weight is 283 g/mol. The minimum absolute atomic E-state index is 0.280. The van der Waals surface area contributed by atoms with Crippen molar-refractivity contribution in [3.05, 3.63) is 53.8 Å². The molecule has 0 radical (unpaired) electrons. The van der Waals surface area contributed by atoms with Gasteiger partial charge in [-0.1, -0.05) is 30.3 Å². The van der Waals surface area contributed by atoms with E-state index in [2.05, 4.69) is 11.1 Å². The van der Waals surface area contributed by atoms with Crippen molar-refractivity contribution in [2.45, 2.75) is 19.9 Å². The Kier molecular flexibility index (Phi) is 3.71. The smallest absolute Gasteiger partial charge is 0.151 e.